The van der Waals surface area contributed by atoms with Crippen LogP contribution in [0.25, 0.3) is 0 Å². The van der Waals surface area contributed by atoms with E-state index in [0.29, 0.717) is 0 Å². The average molecular weight is 204 g/mol. The minimum absolute atomic E-state index is 1.11. The van der Waals surface area contributed by atoms with Gasteiger partial charge in [0, 0.05) is 0 Å². The molecule has 2 aliphatic rings. The number of allylic oxidation sites excluding steroid dienone is 1. The molecule has 0 spiro atoms. The normalized spacial score (nSPS) is 30.3. The topological polar surface area (TPSA) is 0 Å². The van der Waals surface area contributed by atoms with Gasteiger partial charge in [0.1, 0.15) is 6.71 Å². The average Bonchev–Trinajstić information content (AvgIpc) is 2.24. The Kier molecular flexibility index (Phi) is 4.35. The first kappa shape index (κ1) is 11.3. The summed E-state index contributed by atoms with van der Waals surface area (Å²) in [6.07, 6.45) is 16.9. The monoisotopic (exact) mass is 204 g/mol. The van der Waals surface area contributed by atoms with Gasteiger partial charge in [0.2, 0.25) is 0 Å². The maximum Gasteiger partial charge on any atom is 0.146 e. The van der Waals surface area contributed by atoms with E-state index < -0.39 is 0 Å². The van der Waals surface area contributed by atoms with Crippen LogP contribution in [0.2, 0.25) is 18.0 Å². The Balaban J connectivity index is 1.76. The van der Waals surface area contributed by atoms with Gasteiger partial charge in [0.15, 0.2) is 0 Å². The van der Waals surface area contributed by atoms with Crippen molar-refractivity contribution in [3.63, 3.8) is 0 Å². The van der Waals surface area contributed by atoms with Crippen LogP contribution in [0.1, 0.15) is 57.8 Å². The highest BCUT2D eigenvalue weighted by Crippen LogP contribution is 2.48. The first-order valence-electron chi connectivity index (χ1n) is 7.02. The van der Waals surface area contributed by atoms with Gasteiger partial charge in [0.05, 0.1) is 0 Å². The smallest absolute Gasteiger partial charge is 0.103 e. The van der Waals surface area contributed by atoms with Gasteiger partial charge in [-0.15, -0.1) is 6.58 Å². The molecule has 2 rings (SSSR count). The fraction of sp³-hybridized carbons (Fsp3) is 0.857. The molecule has 0 saturated carbocycles. The Morgan fingerprint density at radius 3 is 2.13 bits per heavy atom. The predicted octanol–water partition coefficient (Wildman–Crippen LogP) is 4.95. The molecule has 0 nitrogen and oxygen atoms in total. The Bertz CT molecular complexity index is 178. The summed E-state index contributed by atoms with van der Waals surface area (Å²) >= 11 is 0. The third kappa shape index (κ3) is 2.89. The zero-order valence-corrected chi connectivity index (χ0v) is 10.1. The van der Waals surface area contributed by atoms with Crippen molar-refractivity contribution in [1.29, 1.82) is 0 Å². The van der Waals surface area contributed by atoms with Crippen molar-refractivity contribution in [2.45, 2.75) is 75.7 Å². The van der Waals surface area contributed by atoms with Gasteiger partial charge < -0.3 is 0 Å². The second-order valence-electron chi connectivity index (χ2n) is 5.62. The molecule has 0 radical (unpaired) electrons. The van der Waals surface area contributed by atoms with E-state index in [1.165, 1.54) is 38.4 Å². The second kappa shape index (κ2) is 5.77. The molecule has 0 N–H and O–H groups in total. The summed E-state index contributed by atoms with van der Waals surface area (Å²) in [5, 5.41) is 0. The van der Waals surface area contributed by atoms with E-state index in [-0.39, 0.29) is 0 Å². The summed E-state index contributed by atoms with van der Waals surface area (Å²) in [7, 11) is 0. The SMILES string of the molecule is C=CCCCCB1C2CCCC1CCC2. The predicted molar refractivity (Wildman–Crippen MR) is 69.8 cm³/mol. The highest BCUT2D eigenvalue weighted by molar-refractivity contribution is 6.62. The zero-order valence-electron chi connectivity index (χ0n) is 10.1. The summed E-state index contributed by atoms with van der Waals surface area (Å²) in [4.78, 5) is 0. The van der Waals surface area contributed by atoms with E-state index in [1.54, 1.807) is 25.7 Å². The number of hydrogen-bond acceptors (Lipinski definition) is 0. The molecule has 1 heteroatoms. The van der Waals surface area contributed by atoms with E-state index in [1.807, 2.05) is 0 Å². The van der Waals surface area contributed by atoms with Crippen molar-refractivity contribution in [1.82, 2.24) is 0 Å². The minimum Gasteiger partial charge on any atom is -0.103 e. The van der Waals surface area contributed by atoms with Crippen molar-refractivity contribution >= 4 is 6.71 Å². The molecule has 2 fully saturated rings. The van der Waals surface area contributed by atoms with Gasteiger partial charge in [-0.2, -0.15) is 0 Å². The zero-order chi connectivity index (χ0) is 10.5. The lowest BCUT2D eigenvalue weighted by Gasteiger charge is -2.40. The van der Waals surface area contributed by atoms with Crippen LogP contribution in [-0.4, -0.2) is 6.71 Å². The van der Waals surface area contributed by atoms with Crippen molar-refractivity contribution in [3.8, 4) is 0 Å². The first-order chi connectivity index (χ1) is 7.42. The lowest BCUT2D eigenvalue weighted by molar-refractivity contribution is 0.440. The molecule has 0 aromatic heterocycles. The molecule has 2 saturated heterocycles. The molecule has 0 aliphatic carbocycles. The molecule has 0 amide bonds. The van der Waals surface area contributed by atoms with Gasteiger partial charge in [-0.3, -0.25) is 0 Å². The maximum absolute atomic E-state index is 3.80. The summed E-state index contributed by atoms with van der Waals surface area (Å²) in [6, 6.07) is 0. The van der Waals surface area contributed by atoms with Crippen LogP contribution in [0.4, 0.5) is 0 Å². The largest absolute Gasteiger partial charge is 0.146 e. The molecular weight excluding hydrogens is 179 g/mol. The molecule has 0 aromatic carbocycles. The first-order valence-corrected chi connectivity index (χ1v) is 7.02. The van der Waals surface area contributed by atoms with E-state index >= 15 is 0 Å². The minimum atomic E-state index is 1.11. The molecule has 2 heterocycles. The third-order valence-electron chi connectivity index (χ3n) is 4.71. The molecule has 15 heavy (non-hydrogen) atoms. The maximum atomic E-state index is 3.80. The van der Waals surface area contributed by atoms with Crippen LogP contribution in [0.15, 0.2) is 12.7 Å². The summed E-state index contributed by atoms with van der Waals surface area (Å²) in [6.45, 7) is 4.91. The summed E-state index contributed by atoms with van der Waals surface area (Å²) in [5.74, 6) is 2.22. The Morgan fingerprint density at radius 1 is 1.00 bits per heavy atom. The number of unbranched alkanes of at least 4 members (excludes halogenated alkanes) is 2. The number of hydrogen-bond donors (Lipinski definition) is 0. The molecular formula is C14H25B. The van der Waals surface area contributed by atoms with E-state index in [9.17, 15) is 0 Å². The number of fused-ring (bicyclic) bond motifs is 2. The number of rotatable bonds is 5. The highest BCUT2D eigenvalue weighted by Gasteiger charge is 2.37. The molecule has 0 unspecified atom stereocenters. The quantitative estimate of drug-likeness (QED) is 0.338. The van der Waals surface area contributed by atoms with Crippen LogP contribution >= 0.6 is 0 Å². The summed E-state index contributed by atoms with van der Waals surface area (Å²) < 4.78 is 0. The lowest BCUT2D eigenvalue weighted by atomic mass is 9.26. The van der Waals surface area contributed by atoms with Crippen LogP contribution in [0.5, 0.6) is 0 Å². The highest BCUT2D eigenvalue weighted by atomic mass is 14.2. The van der Waals surface area contributed by atoms with E-state index in [0.717, 1.165) is 18.3 Å². The Hall–Kier alpha value is -0.195. The fourth-order valence-corrected chi connectivity index (χ4v) is 3.95. The van der Waals surface area contributed by atoms with Crippen LogP contribution in [0, 0.1) is 0 Å². The van der Waals surface area contributed by atoms with Gasteiger partial charge in [-0.25, -0.2) is 0 Å². The summed E-state index contributed by atoms with van der Waals surface area (Å²) in [5.41, 5.74) is 0. The van der Waals surface area contributed by atoms with Crippen molar-refractivity contribution in [2.24, 2.45) is 0 Å². The molecule has 0 aromatic rings. The van der Waals surface area contributed by atoms with Crippen molar-refractivity contribution in [2.75, 3.05) is 0 Å². The van der Waals surface area contributed by atoms with Crippen molar-refractivity contribution in [3.05, 3.63) is 12.7 Å². The lowest BCUT2D eigenvalue weighted by Crippen LogP contribution is -2.34. The van der Waals surface area contributed by atoms with Crippen LogP contribution in [0.3, 0.4) is 0 Å². The van der Waals surface area contributed by atoms with E-state index in [4.69, 9.17) is 0 Å². The molecule has 0 atom stereocenters. The van der Waals surface area contributed by atoms with Gasteiger partial charge >= 0.3 is 0 Å². The Morgan fingerprint density at radius 2 is 1.60 bits per heavy atom. The van der Waals surface area contributed by atoms with Crippen LogP contribution in [-0.2, 0) is 0 Å². The van der Waals surface area contributed by atoms with Gasteiger partial charge in [-0.05, 0) is 6.42 Å². The van der Waals surface area contributed by atoms with E-state index in [2.05, 4.69) is 12.7 Å². The molecule has 2 aliphatic heterocycles. The molecule has 2 bridgehead atoms. The third-order valence-corrected chi connectivity index (χ3v) is 4.71. The van der Waals surface area contributed by atoms with Gasteiger partial charge in [0.25, 0.3) is 0 Å². The van der Waals surface area contributed by atoms with Crippen molar-refractivity contribution < 1.29 is 0 Å². The van der Waals surface area contributed by atoms with Gasteiger partial charge in [-0.1, -0.05) is 75.4 Å². The van der Waals surface area contributed by atoms with Crippen LogP contribution < -0.4 is 0 Å². The second-order valence-corrected chi connectivity index (χ2v) is 5.62. The molecule has 84 valence electrons. The fourth-order valence-electron chi connectivity index (χ4n) is 3.95. The Labute approximate surface area is 95.6 Å². The standard InChI is InChI=1S/C14H25B/c1-2-3-4-5-12-15-13-8-6-9-14(15)11-7-10-13/h2,13-14H,1,3-12H2.